The summed E-state index contributed by atoms with van der Waals surface area (Å²) >= 11 is 1.53. The molecule has 2 aromatic carbocycles. The van der Waals surface area contributed by atoms with Crippen molar-refractivity contribution in [1.29, 1.82) is 0 Å². The van der Waals surface area contributed by atoms with E-state index < -0.39 is 6.10 Å². The Bertz CT molecular complexity index is 838. The second-order valence-electron chi connectivity index (χ2n) is 5.69. The summed E-state index contributed by atoms with van der Waals surface area (Å²) < 4.78 is 5.65. The van der Waals surface area contributed by atoms with Crippen LogP contribution in [0.5, 0.6) is 5.75 Å². The van der Waals surface area contributed by atoms with Crippen LogP contribution in [0, 0.1) is 13.8 Å². The van der Waals surface area contributed by atoms with Gasteiger partial charge in [0, 0.05) is 11.1 Å². The summed E-state index contributed by atoms with van der Waals surface area (Å²) in [5.74, 6) is 2.04. The Hall–Kier alpha value is -2.11. The van der Waals surface area contributed by atoms with Crippen molar-refractivity contribution in [2.75, 3.05) is 12.4 Å². The van der Waals surface area contributed by atoms with Crippen LogP contribution in [-0.4, -0.2) is 33.5 Å². The van der Waals surface area contributed by atoms with E-state index in [1.807, 2.05) is 62.4 Å². The molecule has 0 fully saturated rings. The first-order valence-corrected chi connectivity index (χ1v) is 8.84. The third-order valence-corrected chi connectivity index (χ3v) is 4.66. The van der Waals surface area contributed by atoms with Crippen LogP contribution < -0.4 is 4.74 Å². The first-order valence-electron chi connectivity index (χ1n) is 7.85. The van der Waals surface area contributed by atoms with E-state index in [1.165, 1.54) is 11.8 Å². The van der Waals surface area contributed by atoms with Crippen molar-refractivity contribution >= 4 is 22.7 Å². The minimum Gasteiger partial charge on any atom is -0.491 e. The fourth-order valence-electron chi connectivity index (χ4n) is 2.39. The molecule has 1 atom stereocenters. The van der Waals surface area contributed by atoms with Gasteiger partial charge in [-0.1, -0.05) is 30.3 Å². The molecule has 0 amide bonds. The molecule has 0 aliphatic rings. The fourth-order valence-corrected chi connectivity index (χ4v) is 3.36. The molecule has 0 spiro atoms. The number of aliphatic hydroxyl groups is 1. The van der Waals surface area contributed by atoms with E-state index in [9.17, 15) is 5.11 Å². The van der Waals surface area contributed by atoms with Gasteiger partial charge in [-0.15, -0.1) is 11.8 Å². The first-order chi connectivity index (χ1) is 11.6. The molecule has 124 valence electrons. The zero-order chi connectivity index (χ0) is 16.9. The van der Waals surface area contributed by atoms with Crippen molar-refractivity contribution in [2.45, 2.75) is 25.0 Å². The Balaban J connectivity index is 1.61. The van der Waals surface area contributed by atoms with Gasteiger partial charge in [-0.05, 0) is 37.6 Å². The highest BCUT2D eigenvalue weighted by molar-refractivity contribution is 7.99. The molecule has 3 rings (SSSR count). The van der Waals surface area contributed by atoms with Crippen LogP contribution in [-0.2, 0) is 0 Å². The van der Waals surface area contributed by atoms with Crippen molar-refractivity contribution in [3.05, 3.63) is 59.9 Å². The predicted molar refractivity (Wildman–Crippen MR) is 97.7 cm³/mol. The van der Waals surface area contributed by atoms with Crippen LogP contribution >= 0.6 is 11.8 Å². The van der Waals surface area contributed by atoms with Crippen LogP contribution in [0.1, 0.15) is 11.4 Å². The topological polar surface area (TPSA) is 55.2 Å². The lowest BCUT2D eigenvalue weighted by Gasteiger charge is -2.13. The van der Waals surface area contributed by atoms with Crippen molar-refractivity contribution in [2.24, 2.45) is 0 Å². The van der Waals surface area contributed by atoms with Gasteiger partial charge in [-0.25, -0.2) is 9.97 Å². The quantitative estimate of drug-likeness (QED) is 0.547. The number of aryl methyl sites for hydroxylation is 2. The standard InChI is InChI=1S/C19H20N2O2S/c1-13-6-5-7-16(10-13)23-11-15(22)12-24-19-17-8-3-4-9-18(17)20-14(2)21-19/h3-10,15,22H,11-12H2,1-2H3/t15-/m0/s1. The van der Waals surface area contributed by atoms with Crippen molar-refractivity contribution in [1.82, 2.24) is 9.97 Å². The highest BCUT2D eigenvalue weighted by Gasteiger charge is 2.11. The van der Waals surface area contributed by atoms with Crippen molar-refractivity contribution in [3.63, 3.8) is 0 Å². The third kappa shape index (κ3) is 4.24. The van der Waals surface area contributed by atoms with Crippen molar-refractivity contribution in [3.8, 4) is 5.75 Å². The van der Waals surface area contributed by atoms with Gasteiger partial charge in [0.15, 0.2) is 0 Å². The maximum absolute atomic E-state index is 10.2. The molecule has 5 heteroatoms. The lowest BCUT2D eigenvalue weighted by Crippen LogP contribution is -2.20. The number of ether oxygens (including phenoxy) is 1. The van der Waals surface area contributed by atoms with E-state index in [0.29, 0.717) is 5.75 Å². The summed E-state index contributed by atoms with van der Waals surface area (Å²) in [6, 6.07) is 15.7. The second kappa shape index (κ2) is 7.64. The Labute approximate surface area is 145 Å². The molecule has 0 bridgehead atoms. The predicted octanol–water partition coefficient (Wildman–Crippen LogP) is 3.78. The Morgan fingerprint density at radius 2 is 1.92 bits per heavy atom. The van der Waals surface area contributed by atoms with Gasteiger partial charge in [0.2, 0.25) is 0 Å². The molecule has 4 nitrogen and oxygen atoms in total. The average Bonchev–Trinajstić information content (AvgIpc) is 2.57. The maximum atomic E-state index is 10.2. The van der Waals surface area contributed by atoms with E-state index in [-0.39, 0.29) is 6.61 Å². The van der Waals surface area contributed by atoms with Crippen LogP contribution in [0.15, 0.2) is 53.6 Å². The molecule has 1 N–H and O–H groups in total. The number of thioether (sulfide) groups is 1. The lowest BCUT2D eigenvalue weighted by molar-refractivity contribution is 0.126. The van der Waals surface area contributed by atoms with Gasteiger partial charge in [0.05, 0.1) is 11.6 Å². The monoisotopic (exact) mass is 340 g/mol. The van der Waals surface area contributed by atoms with Gasteiger partial charge in [-0.3, -0.25) is 0 Å². The molecular formula is C19H20N2O2S. The molecule has 0 aliphatic heterocycles. The molecule has 0 aliphatic carbocycles. The van der Waals surface area contributed by atoms with E-state index in [0.717, 1.165) is 33.1 Å². The van der Waals surface area contributed by atoms with E-state index in [4.69, 9.17) is 4.74 Å². The summed E-state index contributed by atoms with van der Waals surface area (Å²) in [7, 11) is 0. The van der Waals surface area contributed by atoms with Crippen LogP contribution in [0.2, 0.25) is 0 Å². The number of nitrogens with zero attached hydrogens (tertiary/aromatic N) is 2. The molecule has 1 heterocycles. The smallest absolute Gasteiger partial charge is 0.127 e. The molecular weight excluding hydrogens is 320 g/mol. The summed E-state index contributed by atoms with van der Waals surface area (Å²) in [6.07, 6.45) is -0.565. The number of rotatable bonds is 6. The lowest BCUT2D eigenvalue weighted by atomic mass is 10.2. The Kier molecular flexibility index (Phi) is 5.33. The normalized spacial score (nSPS) is 12.3. The van der Waals surface area contributed by atoms with E-state index in [1.54, 1.807) is 0 Å². The number of para-hydroxylation sites is 1. The molecule has 24 heavy (non-hydrogen) atoms. The molecule has 0 saturated heterocycles. The Morgan fingerprint density at radius 3 is 2.75 bits per heavy atom. The van der Waals surface area contributed by atoms with Gasteiger partial charge in [-0.2, -0.15) is 0 Å². The van der Waals surface area contributed by atoms with Gasteiger partial charge in [0.25, 0.3) is 0 Å². The molecule has 3 aromatic rings. The van der Waals surface area contributed by atoms with Gasteiger partial charge in [0.1, 0.15) is 23.2 Å². The highest BCUT2D eigenvalue weighted by atomic mass is 32.2. The van der Waals surface area contributed by atoms with Crippen LogP contribution in [0.4, 0.5) is 0 Å². The summed E-state index contributed by atoms with van der Waals surface area (Å²) in [4.78, 5) is 8.94. The SMILES string of the molecule is Cc1cccc(OC[C@H](O)CSc2nc(C)nc3ccccc23)c1. The zero-order valence-electron chi connectivity index (χ0n) is 13.8. The number of benzene rings is 2. The first kappa shape index (κ1) is 16.7. The van der Waals surface area contributed by atoms with E-state index in [2.05, 4.69) is 9.97 Å². The number of aliphatic hydroxyl groups excluding tert-OH is 1. The third-order valence-electron chi connectivity index (χ3n) is 3.52. The number of hydrogen-bond donors (Lipinski definition) is 1. The molecule has 0 saturated carbocycles. The molecule has 0 unspecified atom stereocenters. The summed E-state index contributed by atoms with van der Waals surface area (Å²) in [5.41, 5.74) is 2.07. The maximum Gasteiger partial charge on any atom is 0.127 e. The van der Waals surface area contributed by atoms with Gasteiger partial charge < -0.3 is 9.84 Å². The summed E-state index contributed by atoms with van der Waals surface area (Å²) in [6.45, 7) is 4.16. The van der Waals surface area contributed by atoms with Crippen LogP contribution in [0.25, 0.3) is 10.9 Å². The van der Waals surface area contributed by atoms with Crippen LogP contribution in [0.3, 0.4) is 0 Å². The Morgan fingerprint density at radius 1 is 1.08 bits per heavy atom. The van der Waals surface area contributed by atoms with Gasteiger partial charge >= 0.3 is 0 Å². The summed E-state index contributed by atoms with van der Waals surface area (Å²) in [5, 5.41) is 12.1. The number of hydrogen-bond acceptors (Lipinski definition) is 5. The number of aromatic nitrogens is 2. The highest BCUT2D eigenvalue weighted by Crippen LogP contribution is 2.25. The largest absolute Gasteiger partial charge is 0.491 e. The fraction of sp³-hybridized carbons (Fsp3) is 0.263. The molecule has 0 radical (unpaired) electrons. The number of fused-ring (bicyclic) bond motifs is 1. The zero-order valence-corrected chi connectivity index (χ0v) is 14.6. The minimum atomic E-state index is -0.565. The second-order valence-corrected chi connectivity index (χ2v) is 6.69. The average molecular weight is 340 g/mol. The molecule has 1 aromatic heterocycles. The minimum absolute atomic E-state index is 0.262. The van der Waals surface area contributed by atoms with E-state index >= 15 is 0 Å². The van der Waals surface area contributed by atoms with Crippen molar-refractivity contribution < 1.29 is 9.84 Å².